The molecule has 0 aliphatic carbocycles. The fraction of sp³-hybridized carbons (Fsp3) is 0.185. The van der Waals surface area contributed by atoms with Gasteiger partial charge in [0, 0.05) is 16.8 Å². The average Bonchev–Trinajstić information content (AvgIpc) is 2.79. The number of amides is 1. The molecule has 3 rings (SSSR count). The molecule has 0 saturated heterocycles. The first kappa shape index (κ1) is 24.1. The van der Waals surface area contributed by atoms with Crippen LogP contribution in [0.25, 0.3) is 6.08 Å². The summed E-state index contributed by atoms with van der Waals surface area (Å²) in [6.07, 6.45) is 2.00. The average molecular weight is 464 g/mol. The molecule has 0 aliphatic rings. The SMILES string of the molecule is Cc1ccc(NC(=O)C(C)OC(=O)/C=C/c2ccc(OCc3ccc(Cl)cc3)cc2)c(C)c1. The Labute approximate surface area is 199 Å². The van der Waals surface area contributed by atoms with Crippen LogP contribution in [-0.4, -0.2) is 18.0 Å². The van der Waals surface area contributed by atoms with Crippen LogP contribution in [0.3, 0.4) is 0 Å². The number of ether oxygens (including phenoxy) is 2. The molecule has 170 valence electrons. The smallest absolute Gasteiger partial charge is 0.331 e. The van der Waals surface area contributed by atoms with Crippen molar-refractivity contribution < 1.29 is 19.1 Å². The lowest BCUT2D eigenvalue weighted by Crippen LogP contribution is -2.29. The summed E-state index contributed by atoms with van der Waals surface area (Å²) >= 11 is 5.88. The van der Waals surface area contributed by atoms with Crippen LogP contribution in [0, 0.1) is 13.8 Å². The van der Waals surface area contributed by atoms with E-state index < -0.39 is 12.1 Å². The molecule has 6 heteroatoms. The van der Waals surface area contributed by atoms with E-state index in [4.69, 9.17) is 21.1 Å². The zero-order chi connectivity index (χ0) is 23.8. The van der Waals surface area contributed by atoms with E-state index in [9.17, 15) is 9.59 Å². The predicted octanol–water partition coefficient (Wildman–Crippen LogP) is 6.12. The van der Waals surface area contributed by atoms with Crippen molar-refractivity contribution in [2.75, 3.05) is 5.32 Å². The van der Waals surface area contributed by atoms with Crippen molar-refractivity contribution in [1.29, 1.82) is 0 Å². The van der Waals surface area contributed by atoms with Crippen LogP contribution in [-0.2, 0) is 20.9 Å². The number of rotatable bonds is 8. The summed E-state index contributed by atoms with van der Waals surface area (Å²) in [5, 5.41) is 3.47. The van der Waals surface area contributed by atoms with Gasteiger partial charge in [0.15, 0.2) is 6.10 Å². The predicted molar refractivity (Wildman–Crippen MR) is 131 cm³/mol. The van der Waals surface area contributed by atoms with E-state index in [-0.39, 0.29) is 5.91 Å². The summed E-state index contributed by atoms with van der Waals surface area (Å²) in [5.74, 6) is -0.270. The second-order valence-corrected chi connectivity index (χ2v) is 8.14. The summed E-state index contributed by atoms with van der Waals surface area (Å²) in [6.45, 7) is 5.87. The van der Waals surface area contributed by atoms with Gasteiger partial charge in [0.05, 0.1) is 0 Å². The number of esters is 1. The quantitative estimate of drug-likeness (QED) is 0.323. The lowest BCUT2D eigenvalue weighted by molar-refractivity contribution is -0.148. The Morgan fingerprint density at radius 3 is 2.36 bits per heavy atom. The van der Waals surface area contributed by atoms with Crippen LogP contribution >= 0.6 is 11.6 Å². The fourth-order valence-electron chi connectivity index (χ4n) is 3.04. The number of halogens is 1. The Morgan fingerprint density at radius 2 is 1.70 bits per heavy atom. The molecular weight excluding hydrogens is 438 g/mol. The van der Waals surface area contributed by atoms with Crippen LogP contribution in [0.1, 0.15) is 29.2 Å². The second-order valence-electron chi connectivity index (χ2n) is 7.70. The maximum Gasteiger partial charge on any atom is 0.331 e. The lowest BCUT2D eigenvalue weighted by Gasteiger charge is -2.14. The van der Waals surface area contributed by atoms with E-state index in [0.717, 1.165) is 22.3 Å². The number of carbonyl (C=O) groups excluding carboxylic acids is 2. The zero-order valence-corrected chi connectivity index (χ0v) is 19.6. The first-order valence-electron chi connectivity index (χ1n) is 10.5. The van der Waals surface area contributed by atoms with Crippen LogP contribution in [0.15, 0.2) is 72.8 Å². The zero-order valence-electron chi connectivity index (χ0n) is 18.8. The number of carbonyl (C=O) groups is 2. The van der Waals surface area contributed by atoms with E-state index in [0.29, 0.717) is 23.1 Å². The first-order valence-corrected chi connectivity index (χ1v) is 10.9. The molecule has 0 saturated carbocycles. The highest BCUT2D eigenvalue weighted by Gasteiger charge is 2.17. The monoisotopic (exact) mass is 463 g/mol. The number of anilines is 1. The summed E-state index contributed by atoms with van der Waals surface area (Å²) in [6, 6.07) is 20.5. The van der Waals surface area contributed by atoms with Crippen molar-refractivity contribution in [3.8, 4) is 5.75 Å². The number of nitrogens with one attached hydrogen (secondary N) is 1. The Hall–Kier alpha value is -3.57. The standard InChI is InChI=1S/C27H26ClNO4/c1-18-4-14-25(19(2)16-18)29-27(31)20(3)33-26(30)15-9-21-7-12-24(13-8-21)32-17-22-5-10-23(28)11-6-22/h4-16,20H,17H2,1-3H3,(H,29,31)/b15-9+. The molecule has 0 radical (unpaired) electrons. The maximum atomic E-state index is 12.3. The van der Waals surface area contributed by atoms with E-state index in [2.05, 4.69) is 5.32 Å². The van der Waals surface area contributed by atoms with Gasteiger partial charge in [0.1, 0.15) is 12.4 Å². The molecule has 3 aromatic carbocycles. The number of aryl methyl sites for hydroxylation is 2. The summed E-state index contributed by atoms with van der Waals surface area (Å²) in [5.41, 5.74) is 4.57. The largest absolute Gasteiger partial charge is 0.489 e. The molecule has 5 nitrogen and oxygen atoms in total. The minimum absolute atomic E-state index is 0.383. The van der Waals surface area contributed by atoms with Crippen molar-refractivity contribution in [2.24, 2.45) is 0 Å². The number of benzene rings is 3. The van der Waals surface area contributed by atoms with Gasteiger partial charge in [-0.3, -0.25) is 4.79 Å². The molecule has 0 aliphatic heterocycles. The Bertz CT molecular complexity index is 1140. The van der Waals surface area contributed by atoms with E-state index in [1.165, 1.54) is 13.0 Å². The molecule has 0 bridgehead atoms. The van der Waals surface area contributed by atoms with Gasteiger partial charge < -0.3 is 14.8 Å². The van der Waals surface area contributed by atoms with E-state index in [1.54, 1.807) is 6.08 Å². The third-order valence-corrected chi connectivity index (χ3v) is 5.16. The molecule has 0 aromatic heterocycles. The van der Waals surface area contributed by atoms with Crippen molar-refractivity contribution >= 4 is 35.2 Å². The Balaban J connectivity index is 1.47. The van der Waals surface area contributed by atoms with Gasteiger partial charge in [-0.2, -0.15) is 0 Å². The Morgan fingerprint density at radius 1 is 1.00 bits per heavy atom. The highest BCUT2D eigenvalue weighted by molar-refractivity contribution is 6.30. The molecule has 3 aromatic rings. The minimum atomic E-state index is -0.925. The fourth-order valence-corrected chi connectivity index (χ4v) is 3.17. The molecule has 1 amide bonds. The second kappa shape index (κ2) is 11.3. The molecule has 1 atom stereocenters. The van der Waals surface area contributed by atoms with Gasteiger partial charge in [-0.1, -0.05) is 53.6 Å². The maximum absolute atomic E-state index is 12.3. The van der Waals surface area contributed by atoms with Crippen LogP contribution in [0.2, 0.25) is 5.02 Å². The molecule has 33 heavy (non-hydrogen) atoms. The van der Waals surface area contributed by atoms with Gasteiger partial charge in [0.25, 0.3) is 5.91 Å². The van der Waals surface area contributed by atoms with Crippen molar-refractivity contribution in [3.05, 3.63) is 100 Å². The van der Waals surface area contributed by atoms with E-state index in [1.807, 2.05) is 80.6 Å². The van der Waals surface area contributed by atoms with E-state index >= 15 is 0 Å². The summed E-state index contributed by atoms with van der Waals surface area (Å²) < 4.78 is 11.0. The molecular formula is C27H26ClNO4. The van der Waals surface area contributed by atoms with Gasteiger partial charge in [-0.15, -0.1) is 0 Å². The number of hydrogen-bond donors (Lipinski definition) is 1. The molecule has 0 spiro atoms. The molecule has 1 unspecified atom stereocenters. The molecule has 0 fully saturated rings. The topological polar surface area (TPSA) is 64.6 Å². The van der Waals surface area contributed by atoms with Gasteiger partial charge in [0.2, 0.25) is 0 Å². The third-order valence-electron chi connectivity index (χ3n) is 4.91. The van der Waals surface area contributed by atoms with Crippen LogP contribution < -0.4 is 10.1 Å². The molecule has 0 heterocycles. The van der Waals surface area contributed by atoms with Gasteiger partial charge in [-0.25, -0.2) is 4.79 Å². The lowest BCUT2D eigenvalue weighted by atomic mass is 10.1. The van der Waals surface area contributed by atoms with Gasteiger partial charge >= 0.3 is 5.97 Å². The summed E-state index contributed by atoms with van der Waals surface area (Å²) in [4.78, 5) is 24.5. The first-order chi connectivity index (χ1) is 15.8. The molecule has 1 N–H and O–H groups in total. The normalized spacial score (nSPS) is 11.8. The number of hydrogen-bond acceptors (Lipinski definition) is 4. The minimum Gasteiger partial charge on any atom is -0.489 e. The highest BCUT2D eigenvalue weighted by Crippen LogP contribution is 2.18. The van der Waals surface area contributed by atoms with Crippen LogP contribution in [0.5, 0.6) is 5.75 Å². The third kappa shape index (κ3) is 7.51. The highest BCUT2D eigenvalue weighted by atomic mass is 35.5. The van der Waals surface area contributed by atoms with Crippen molar-refractivity contribution in [2.45, 2.75) is 33.5 Å². The Kier molecular flexibility index (Phi) is 8.28. The van der Waals surface area contributed by atoms with Crippen molar-refractivity contribution in [3.63, 3.8) is 0 Å². The summed E-state index contributed by atoms with van der Waals surface area (Å²) in [7, 11) is 0. The van der Waals surface area contributed by atoms with Crippen molar-refractivity contribution in [1.82, 2.24) is 0 Å². The van der Waals surface area contributed by atoms with Crippen LogP contribution in [0.4, 0.5) is 5.69 Å². The van der Waals surface area contributed by atoms with Gasteiger partial charge in [-0.05, 0) is 73.9 Å².